The molecular formula is C21H27ClN2O4S. The Morgan fingerprint density at radius 3 is 2.52 bits per heavy atom. The second-order valence-electron chi connectivity index (χ2n) is 6.82. The Balaban J connectivity index is 1.73. The zero-order valence-corrected chi connectivity index (χ0v) is 18.1. The summed E-state index contributed by atoms with van der Waals surface area (Å²) in [7, 11) is -2.15. The van der Waals surface area contributed by atoms with Gasteiger partial charge in [0.25, 0.3) is 0 Å². The molecule has 2 aromatic rings. The van der Waals surface area contributed by atoms with Crippen LogP contribution >= 0.6 is 11.6 Å². The summed E-state index contributed by atoms with van der Waals surface area (Å²) in [5.74, 6) is -0.387. The van der Waals surface area contributed by atoms with Gasteiger partial charge in [0, 0.05) is 24.0 Å². The van der Waals surface area contributed by atoms with E-state index in [4.69, 9.17) is 16.3 Å². The number of aromatic nitrogens is 1. The Morgan fingerprint density at radius 1 is 1.14 bits per heavy atom. The van der Waals surface area contributed by atoms with Crippen LogP contribution in [0.3, 0.4) is 0 Å². The van der Waals surface area contributed by atoms with E-state index in [0.717, 1.165) is 31.2 Å². The Kier molecular flexibility index (Phi) is 9.57. The molecule has 1 heterocycles. The van der Waals surface area contributed by atoms with E-state index in [1.807, 2.05) is 18.3 Å². The van der Waals surface area contributed by atoms with Crippen molar-refractivity contribution in [2.75, 3.05) is 13.7 Å². The summed E-state index contributed by atoms with van der Waals surface area (Å²) in [6.07, 6.45) is 8.08. The number of sulfonamides is 1. The van der Waals surface area contributed by atoms with Gasteiger partial charge < -0.3 is 4.74 Å². The normalized spacial score (nSPS) is 12.5. The lowest BCUT2D eigenvalue weighted by molar-refractivity contribution is -0.146. The molecule has 0 spiro atoms. The number of hydrogen-bond donors (Lipinski definition) is 1. The minimum Gasteiger partial charge on any atom is -0.469 e. The summed E-state index contributed by atoms with van der Waals surface area (Å²) in [6, 6.07) is 9.96. The molecule has 0 amide bonds. The van der Waals surface area contributed by atoms with Gasteiger partial charge in [0.05, 0.1) is 17.9 Å². The van der Waals surface area contributed by atoms with Crippen LogP contribution in [0.4, 0.5) is 0 Å². The molecule has 8 heteroatoms. The summed E-state index contributed by atoms with van der Waals surface area (Å²) in [4.78, 5) is 16.3. The Hall–Kier alpha value is -1.96. The van der Waals surface area contributed by atoms with E-state index >= 15 is 0 Å². The van der Waals surface area contributed by atoms with Crippen LogP contribution in [-0.2, 0) is 26.0 Å². The fourth-order valence-corrected chi connectivity index (χ4v) is 4.26. The Bertz CT molecular complexity index is 858. The van der Waals surface area contributed by atoms with Gasteiger partial charge in [-0.05, 0) is 68.0 Å². The summed E-state index contributed by atoms with van der Waals surface area (Å²) < 4.78 is 32.0. The van der Waals surface area contributed by atoms with E-state index in [1.54, 1.807) is 18.3 Å². The average molecular weight is 439 g/mol. The van der Waals surface area contributed by atoms with Gasteiger partial charge in [0.2, 0.25) is 10.0 Å². The lowest BCUT2D eigenvalue weighted by Gasteiger charge is -2.14. The lowest BCUT2D eigenvalue weighted by atomic mass is 9.95. The van der Waals surface area contributed by atoms with Crippen molar-refractivity contribution < 1.29 is 17.9 Å². The standard InChI is InChI=1S/C21H27ClN2O4S/c1-28-21(25)18(9-4-6-17-7-5-14-23-16-17)8-2-3-15-24-29(26,27)20-12-10-19(22)11-13-20/h5,7,10-14,16,18,24H,2-4,6,8-9,15H2,1H3. The second kappa shape index (κ2) is 11.9. The van der Waals surface area contributed by atoms with E-state index in [0.29, 0.717) is 24.4 Å². The number of benzene rings is 1. The first kappa shape index (κ1) is 23.3. The molecule has 158 valence electrons. The topological polar surface area (TPSA) is 85.4 Å². The predicted octanol–water partition coefficient (Wildman–Crippen LogP) is 4.00. The number of nitrogens with one attached hydrogen (secondary N) is 1. The number of ether oxygens (including phenoxy) is 1. The molecule has 29 heavy (non-hydrogen) atoms. The maximum Gasteiger partial charge on any atom is 0.308 e. The summed E-state index contributed by atoms with van der Waals surface area (Å²) in [6.45, 7) is 0.314. The lowest BCUT2D eigenvalue weighted by Crippen LogP contribution is -2.25. The highest BCUT2D eigenvalue weighted by Gasteiger charge is 2.19. The van der Waals surface area contributed by atoms with Crippen LogP contribution in [0.15, 0.2) is 53.7 Å². The van der Waals surface area contributed by atoms with Gasteiger partial charge in [0.15, 0.2) is 0 Å². The Labute approximate surface area is 177 Å². The fraction of sp³-hybridized carbons (Fsp3) is 0.429. The molecule has 1 aromatic heterocycles. The van der Waals surface area contributed by atoms with Crippen molar-refractivity contribution in [2.24, 2.45) is 5.92 Å². The maximum absolute atomic E-state index is 12.2. The number of rotatable bonds is 12. The maximum atomic E-state index is 12.2. The minimum absolute atomic E-state index is 0.176. The molecule has 0 aliphatic rings. The van der Waals surface area contributed by atoms with E-state index < -0.39 is 10.0 Å². The zero-order valence-electron chi connectivity index (χ0n) is 16.5. The number of carbonyl (C=O) groups excluding carboxylic acids is 1. The van der Waals surface area contributed by atoms with Gasteiger partial charge in [-0.25, -0.2) is 13.1 Å². The highest BCUT2D eigenvalue weighted by Crippen LogP contribution is 2.19. The number of unbranched alkanes of at least 4 members (excludes halogenated alkanes) is 1. The molecule has 2 rings (SSSR count). The first-order valence-electron chi connectivity index (χ1n) is 9.64. The number of pyridine rings is 1. The molecule has 0 saturated heterocycles. The molecule has 1 atom stereocenters. The number of esters is 1. The molecule has 1 aromatic carbocycles. The third kappa shape index (κ3) is 8.12. The van der Waals surface area contributed by atoms with Crippen molar-refractivity contribution in [3.8, 4) is 0 Å². The van der Waals surface area contributed by atoms with Crippen molar-refractivity contribution in [3.05, 3.63) is 59.4 Å². The number of carbonyl (C=O) groups is 1. The van der Waals surface area contributed by atoms with Crippen LogP contribution in [-0.4, -0.2) is 33.0 Å². The van der Waals surface area contributed by atoms with Gasteiger partial charge in [-0.1, -0.05) is 24.1 Å². The van der Waals surface area contributed by atoms with Crippen LogP contribution < -0.4 is 4.72 Å². The van der Waals surface area contributed by atoms with Crippen LogP contribution in [0.1, 0.15) is 37.7 Å². The van der Waals surface area contributed by atoms with Gasteiger partial charge in [0.1, 0.15) is 0 Å². The second-order valence-corrected chi connectivity index (χ2v) is 9.02. The zero-order chi connectivity index (χ0) is 21.1. The first-order chi connectivity index (χ1) is 13.9. The van der Waals surface area contributed by atoms with Gasteiger partial charge in [-0.15, -0.1) is 0 Å². The van der Waals surface area contributed by atoms with Gasteiger partial charge in [-0.2, -0.15) is 0 Å². The van der Waals surface area contributed by atoms with Gasteiger partial charge >= 0.3 is 5.97 Å². The minimum atomic E-state index is -3.55. The molecule has 0 radical (unpaired) electrons. The number of nitrogens with zero attached hydrogens (tertiary/aromatic N) is 1. The molecule has 6 nitrogen and oxygen atoms in total. The molecule has 1 N–H and O–H groups in total. The summed E-state index contributed by atoms with van der Waals surface area (Å²) in [5, 5.41) is 0.487. The predicted molar refractivity (Wildman–Crippen MR) is 113 cm³/mol. The van der Waals surface area contributed by atoms with Crippen LogP contribution in [0.5, 0.6) is 0 Å². The Morgan fingerprint density at radius 2 is 1.86 bits per heavy atom. The highest BCUT2D eigenvalue weighted by atomic mass is 35.5. The van der Waals surface area contributed by atoms with Crippen LogP contribution in [0.25, 0.3) is 0 Å². The highest BCUT2D eigenvalue weighted by molar-refractivity contribution is 7.89. The van der Waals surface area contributed by atoms with E-state index in [9.17, 15) is 13.2 Å². The fourth-order valence-electron chi connectivity index (χ4n) is 3.06. The molecule has 0 saturated carbocycles. The van der Waals surface area contributed by atoms with Crippen LogP contribution in [0.2, 0.25) is 5.02 Å². The smallest absolute Gasteiger partial charge is 0.308 e. The van der Waals surface area contributed by atoms with E-state index in [2.05, 4.69) is 9.71 Å². The van der Waals surface area contributed by atoms with Crippen molar-refractivity contribution in [1.29, 1.82) is 0 Å². The SMILES string of the molecule is COC(=O)C(CCCCNS(=O)(=O)c1ccc(Cl)cc1)CCCc1cccnc1. The number of aryl methyl sites for hydroxylation is 1. The molecule has 0 fully saturated rings. The number of hydrogen-bond acceptors (Lipinski definition) is 5. The summed E-state index contributed by atoms with van der Waals surface area (Å²) >= 11 is 5.79. The third-order valence-corrected chi connectivity index (χ3v) is 6.40. The largest absolute Gasteiger partial charge is 0.469 e. The van der Waals surface area contributed by atoms with Crippen LogP contribution in [0, 0.1) is 5.92 Å². The van der Waals surface area contributed by atoms with Crippen molar-refractivity contribution in [1.82, 2.24) is 9.71 Å². The van der Waals surface area contributed by atoms with Crippen molar-refractivity contribution >= 4 is 27.6 Å². The molecule has 1 unspecified atom stereocenters. The third-order valence-electron chi connectivity index (χ3n) is 4.67. The first-order valence-corrected chi connectivity index (χ1v) is 11.5. The molecule has 0 bridgehead atoms. The monoisotopic (exact) mass is 438 g/mol. The molecule has 0 aliphatic heterocycles. The quantitative estimate of drug-likeness (QED) is 0.400. The molecule has 0 aliphatic carbocycles. The van der Waals surface area contributed by atoms with E-state index in [1.165, 1.54) is 19.2 Å². The average Bonchev–Trinajstić information content (AvgIpc) is 2.72. The number of halogens is 1. The number of methoxy groups -OCH3 is 1. The van der Waals surface area contributed by atoms with E-state index in [-0.39, 0.29) is 16.8 Å². The van der Waals surface area contributed by atoms with Crippen molar-refractivity contribution in [2.45, 2.75) is 43.4 Å². The molecular weight excluding hydrogens is 412 g/mol. The van der Waals surface area contributed by atoms with Crippen molar-refractivity contribution in [3.63, 3.8) is 0 Å². The summed E-state index contributed by atoms with van der Waals surface area (Å²) in [5.41, 5.74) is 1.15. The van der Waals surface area contributed by atoms with Gasteiger partial charge in [-0.3, -0.25) is 9.78 Å².